The quantitative estimate of drug-likeness (QED) is 0.854. The van der Waals surface area contributed by atoms with Crippen molar-refractivity contribution in [3.05, 3.63) is 65.2 Å². The second-order valence-corrected chi connectivity index (χ2v) is 4.79. The number of hydrogen-bond acceptors (Lipinski definition) is 2. The van der Waals surface area contributed by atoms with Gasteiger partial charge >= 0.3 is 0 Å². The maximum absolute atomic E-state index is 11.5. The van der Waals surface area contributed by atoms with E-state index >= 15 is 0 Å². The van der Waals surface area contributed by atoms with Gasteiger partial charge in [-0.05, 0) is 23.3 Å². The van der Waals surface area contributed by atoms with Gasteiger partial charge in [-0.3, -0.25) is 4.79 Å². The van der Waals surface area contributed by atoms with E-state index in [-0.39, 0.29) is 11.0 Å². The molecule has 0 spiro atoms. The molecule has 2 rings (SSSR count). The van der Waals surface area contributed by atoms with E-state index < -0.39 is 0 Å². The lowest BCUT2D eigenvalue weighted by Crippen LogP contribution is -2.03. The summed E-state index contributed by atoms with van der Waals surface area (Å²) in [7, 11) is 1.65. The molecule has 2 nitrogen and oxygen atoms in total. The first-order valence-electron chi connectivity index (χ1n) is 6.09. The highest BCUT2D eigenvalue weighted by atomic mass is 32.1. The fourth-order valence-corrected chi connectivity index (χ4v) is 2.35. The lowest BCUT2D eigenvalue weighted by Gasteiger charge is -2.15. The standard InChI is InChI=1S/C16H16O2S/c1-11(12-7-9-13(18-2)10-8-12)14-5-3-4-6-15(14)16(17)19/h3-11H,1-2H3,(H,17,19). The number of hydrogen-bond donors (Lipinski definition) is 1. The van der Waals surface area contributed by atoms with Crippen LogP contribution in [-0.4, -0.2) is 12.2 Å². The molecule has 0 saturated carbocycles. The molecule has 2 aromatic carbocycles. The number of benzene rings is 2. The smallest absolute Gasteiger partial charge is 0.216 e. The number of ether oxygens (including phenoxy) is 1. The molecular formula is C16H16O2S. The Bertz CT molecular complexity index is 576. The average Bonchev–Trinajstić information content (AvgIpc) is 2.46. The molecule has 0 heterocycles. The summed E-state index contributed by atoms with van der Waals surface area (Å²) in [5.41, 5.74) is 2.80. The third kappa shape index (κ3) is 2.99. The predicted molar refractivity (Wildman–Crippen MR) is 80.3 cm³/mol. The molecular weight excluding hydrogens is 256 g/mol. The van der Waals surface area contributed by atoms with Crippen LogP contribution in [0.15, 0.2) is 48.5 Å². The molecule has 0 bridgehead atoms. The van der Waals surface area contributed by atoms with Gasteiger partial charge in [-0.1, -0.05) is 43.3 Å². The van der Waals surface area contributed by atoms with Crippen molar-refractivity contribution in [3.63, 3.8) is 0 Å². The molecule has 0 saturated heterocycles. The number of carbonyl (C=O) groups excluding carboxylic acids is 1. The molecule has 0 aliphatic heterocycles. The Kier molecular flexibility index (Phi) is 4.27. The first-order valence-corrected chi connectivity index (χ1v) is 6.54. The highest BCUT2D eigenvalue weighted by molar-refractivity contribution is 7.97. The summed E-state index contributed by atoms with van der Waals surface area (Å²) in [6.45, 7) is 2.08. The Labute approximate surface area is 118 Å². The van der Waals surface area contributed by atoms with E-state index in [1.807, 2.05) is 48.5 Å². The minimum absolute atomic E-state index is 0.137. The number of thiol groups is 1. The fraction of sp³-hybridized carbons (Fsp3) is 0.188. The molecule has 3 heteroatoms. The van der Waals surface area contributed by atoms with Gasteiger partial charge in [0.25, 0.3) is 0 Å². The van der Waals surface area contributed by atoms with Gasteiger partial charge in [0, 0.05) is 11.5 Å². The van der Waals surface area contributed by atoms with Crippen molar-refractivity contribution in [1.29, 1.82) is 0 Å². The van der Waals surface area contributed by atoms with E-state index in [0.717, 1.165) is 16.9 Å². The summed E-state index contributed by atoms with van der Waals surface area (Å²) in [4.78, 5) is 11.5. The van der Waals surface area contributed by atoms with E-state index in [9.17, 15) is 4.79 Å². The molecule has 1 atom stereocenters. The molecule has 2 aromatic rings. The van der Waals surface area contributed by atoms with Gasteiger partial charge in [0.15, 0.2) is 0 Å². The Hall–Kier alpha value is -1.74. The minimum Gasteiger partial charge on any atom is -0.497 e. The maximum Gasteiger partial charge on any atom is 0.216 e. The SMILES string of the molecule is COc1ccc(C(C)c2ccccc2C(=O)S)cc1. The molecule has 0 aromatic heterocycles. The summed E-state index contributed by atoms with van der Waals surface area (Å²) in [5, 5.41) is -0.198. The highest BCUT2D eigenvalue weighted by Crippen LogP contribution is 2.28. The lowest BCUT2D eigenvalue weighted by molar-refractivity contribution is 0.109. The van der Waals surface area contributed by atoms with Crippen molar-refractivity contribution in [1.82, 2.24) is 0 Å². The molecule has 98 valence electrons. The van der Waals surface area contributed by atoms with Crippen LogP contribution in [-0.2, 0) is 0 Å². The van der Waals surface area contributed by atoms with E-state index in [2.05, 4.69) is 19.6 Å². The normalized spacial score (nSPS) is 11.9. The summed E-state index contributed by atoms with van der Waals surface area (Å²) >= 11 is 3.94. The maximum atomic E-state index is 11.5. The van der Waals surface area contributed by atoms with Crippen molar-refractivity contribution in [2.75, 3.05) is 7.11 Å². The number of carbonyl (C=O) groups is 1. The van der Waals surface area contributed by atoms with Gasteiger partial charge in [0.2, 0.25) is 5.12 Å². The van der Waals surface area contributed by atoms with E-state index in [4.69, 9.17) is 4.74 Å². The Morgan fingerprint density at radius 2 is 1.74 bits per heavy atom. The van der Waals surface area contributed by atoms with Crippen molar-refractivity contribution < 1.29 is 9.53 Å². The van der Waals surface area contributed by atoms with Crippen LogP contribution in [0.25, 0.3) is 0 Å². The average molecular weight is 272 g/mol. The summed E-state index contributed by atoms with van der Waals surface area (Å²) in [5.74, 6) is 0.965. The van der Waals surface area contributed by atoms with Gasteiger partial charge < -0.3 is 4.74 Å². The van der Waals surface area contributed by atoms with Crippen molar-refractivity contribution in [2.45, 2.75) is 12.8 Å². The van der Waals surface area contributed by atoms with Crippen LogP contribution in [0.2, 0.25) is 0 Å². The summed E-state index contributed by atoms with van der Waals surface area (Å²) < 4.78 is 5.15. The molecule has 0 amide bonds. The van der Waals surface area contributed by atoms with Crippen molar-refractivity contribution in [2.24, 2.45) is 0 Å². The lowest BCUT2D eigenvalue weighted by atomic mass is 9.90. The molecule has 0 aliphatic rings. The fourth-order valence-electron chi connectivity index (χ4n) is 2.14. The second-order valence-electron chi connectivity index (χ2n) is 4.39. The topological polar surface area (TPSA) is 26.3 Å². The van der Waals surface area contributed by atoms with Crippen LogP contribution in [0.4, 0.5) is 0 Å². The highest BCUT2D eigenvalue weighted by Gasteiger charge is 2.15. The van der Waals surface area contributed by atoms with Gasteiger partial charge in [-0.15, -0.1) is 12.6 Å². The summed E-state index contributed by atoms with van der Waals surface area (Å²) in [6.07, 6.45) is 0. The molecule has 0 fully saturated rings. The minimum atomic E-state index is -0.198. The largest absolute Gasteiger partial charge is 0.497 e. The number of rotatable bonds is 4. The molecule has 0 radical (unpaired) electrons. The third-order valence-electron chi connectivity index (χ3n) is 3.27. The zero-order chi connectivity index (χ0) is 13.8. The van der Waals surface area contributed by atoms with Gasteiger partial charge in [-0.25, -0.2) is 0 Å². The van der Waals surface area contributed by atoms with Crippen molar-refractivity contribution in [3.8, 4) is 5.75 Å². The first kappa shape index (κ1) is 13.7. The number of methoxy groups -OCH3 is 1. The second kappa shape index (κ2) is 5.93. The Morgan fingerprint density at radius 1 is 1.11 bits per heavy atom. The zero-order valence-electron chi connectivity index (χ0n) is 11.0. The van der Waals surface area contributed by atoms with E-state index in [0.29, 0.717) is 5.56 Å². The Balaban J connectivity index is 2.37. The van der Waals surface area contributed by atoms with Gasteiger partial charge in [0.05, 0.1) is 7.11 Å². The predicted octanol–water partition coefficient (Wildman–Crippen LogP) is 3.92. The zero-order valence-corrected chi connectivity index (χ0v) is 11.9. The molecule has 1 unspecified atom stereocenters. The van der Waals surface area contributed by atoms with Crippen LogP contribution in [0.1, 0.15) is 34.3 Å². The van der Waals surface area contributed by atoms with Crippen LogP contribution in [0.3, 0.4) is 0 Å². The molecule has 0 N–H and O–H groups in total. The van der Waals surface area contributed by atoms with E-state index in [1.54, 1.807) is 7.11 Å². The third-order valence-corrected chi connectivity index (χ3v) is 3.51. The Morgan fingerprint density at radius 3 is 2.32 bits per heavy atom. The molecule has 19 heavy (non-hydrogen) atoms. The van der Waals surface area contributed by atoms with Crippen LogP contribution < -0.4 is 4.74 Å². The van der Waals surface area contributed by atoms with Crippen LogP contribution in [0, 0.1) is 0 Å². The van der Waals surface area contributed by atoms with Crippen LogP contribution >= 0.6 is 12.6 Å². The van der Waals surface area contributed by atoms with Gasteiger partial charge in [0.1, 0.15) is 5.75 Å². The summed E-state index contributed by atoms with van der Waals surface area (Å²) in [6, 6.07) is 15.5. The molecule has 0 aliphatic carbocycles. The van der Waals surface area contributed by atoms with Crippen molar-refractivity contribution >= 4 is 17.7 Å². The van der Waals surface area contributed by atoms with Crippen LogP contribution in [0.5, 0.6) is 5.75 Å². The van der Waals surface area contributed by atoms with Gasteiger partial charge in [-0.2, -0.15) is 0 Å². The first-order chi connectivity index (χ1) is 9.13. The monoisotopic (exact) mass is 272 g/mol. The van der Waals surface area contributed by atoms with E-state index in [1.165, 1.54) is 0 Å².